The number of anilines is 1. The molecule has 1 unspecified atom stereocenters. The van der Waals surface area contributed by atoms with Crippen LogP contribution in [0.5, 0.6) is 0 Å². The molecule has 0 aliphatic carbocycles. The molecule has 0 saturated carbocycles. The Balaban J connectivity index is 1.94. The lowest BCUT2D eigenvalue weighted by Crippen LogP contribution is -2.29. The molecular weight excluding hydrogens is 367 g/mol. The van der Waals surface area contributed by atoms with Gasteiger partial charge in [0.1, 0.15) is 11.6 Å². The van der Waals surface area contributed by atoms with Crippen molar-refractivity contribution in [3.8, 4) is 0 Å². The van der Waals surface area contributed by atoms with Gasteiger partial charge in [-0.25, -0.2) is 9.37 Å². The highest BCUT2D eigenvalue weighted by Gasteiger charge is 2.47. The minimum atomic E-state index is -0.892. The van der Waals surface area contributed by atoms with Crippen LogP contribution in [0, 0.1) is 5.82 Å². The summed E-state index contributed by atoms with van der Waals surface area (Å²) >= 11 is 1.20. The first-order valence-corrected chi connectivity index (χ1v) is 8.97. The summed E-state index contributed by atoms with van der Waals surface area (Å²) < 4.78 is 13.4. The van der Waals surface area contributed by atoms with E-state index < -0.39 is 23.5 Å². The first-order chi connectivity index (χ1) is 13.1. The second kappa shape index (κ2) is 6.77. The number of Topliss-reactive ketones (excluding diaryl/α,β-unsaturated/α-hetero) is 1. The lowest BCUT2D eigenvalue weighted by Gasteiger charge is -2.22. The van der Waals surface area contributed by atoms with E-state index in [-0.39, 0.29) is 11.3 Å². The summed E-state index contributed by atoms with van der Waals surface area (Å²) in [5.41, 5.74) is 0.873. The third kappa shape index (κ3) is 2.92. The van der Waals surface area contributed by atoms with Crippen molar-refractivity contribution in [2.75, 3.05) is 4.90 Å². The van der Waals surface area contributed by atoms with E-state index in [0.717, 1.165) is 0 Å². The summed E-state index contributed by atoms with van der Waals surface area (Å²) in [6, 6.07) is 13.1. The Morgan fingerprint density at radius 3 is 2.41 bits per heavy atom. The highest BCUT2D eigenvalue weighted by Crippen LogP contribution is 2.42. The summed E-state index contributed by atoms with van der Waals surface area (Å²) in [7, 11) is 0. The number of halogens is 1. The van der Waals surface area contributed by atoms with E-state index in [1.165, 1.54) is 46.7 Å². The van der Waals surface area contributed by atoms with Crippen molar-refractivity contribution in [2.24, 2.45) is 0 Å². The van der Waals surface area contributed by atoms with Crippen LogP contribution in [-0.2, 0) is 9.59 Å². The van der Waals surface area contributed by atoms with E-state index >= 15 is 0 Å². The zero-order chi connectivity index (χ0) is 19.0. The number of benzene rings is 2. The number of aliphatic hydroxyl groups is 1. The average Bonchev–Trinajstić information content (AvgIpc) is 3.30. The third-order valence-corrected chi connectivity index (χ3v) is 5.07. The normalized spacial score (nSPS) is 18.9. The molecule has 1 N–H and O–H groups in total. The Bertz CT molecular complexity index is 1030. The van der Waals surface area contributed by atoms with Gasteiger partial charge in [0.15, 0.2) is 5.13 Å². The number of aromatic nitrogens is 1. The molecule has 5 nitrogen and oxygen atoms in total. The van der Waals surface area contributed by atoms with Crippen molar-refractivity contribution >= 4 is 33.9 Å². The average molecular weight is 380 g/mol. The van der Waals surface area contributed by atoms with Crippen molar-refractivity contribution in [3.05, 3.63) is 88.7 Å². The van der Waals surface area contributed by atoms with E-state index in [0.29, 0.717) is 16.3 Å². The Hall–Kier alpha value is -3.32. The molecule has 1 amide bonds. The molecule has 4 rings (SSSR count). The van der Waals surface area contributed by atoms with Gasteiger partial charge in [0.2, 0.25) is 0 Å². The van der Waals surface area contributed by atoms with Crippen LogP contribution in [0.15, 0.2) is 71.7 Å². The van der Waals surface area contributed by atoms with E-state index in [1.807, 2.05) is 0 Å². The molecule has 1 fully saturated rings. The van der Waals surface area contributed by atoms with Gasteiger partial charge in [-0.15, -0.1) is 11.3 Å². The fourth-order valence-corrected chi connectivity index (χ4v) is 3.74. The molecule has 7 heteroatoms. The lowest BCUT2D eigenvalue weighted by molar-refractivity contribution is -0.132. The summed E-state index contributed by atoms with van der Waals surface area (Å²) in [6.07, 6.45) is 1.53. The van der Waals surface area contributed by atoms with E-state index in [2.05, 4.69) is 4.98 Å². The van der Waals surface area contributed by atoms with Crippen molar-refractivity contribution < 1.29 is 19.1 Å². The van der Waals surface area contributed by atoms with Gasteiger partial charge in [0, 0.05) is 17.1 Å². The summed E-state index contributed by atoms with van der Waals surface area (Å²) in [5.74, 6) is -2.30. The van der Waals surface area contributed by atoms with Crippen LogP contribution in [0.3, 0.4) is 0 Å². The van der Waals surface area contributed by atoms with Crippen molar-refractivity contribution in [2.45, 2.75) is 6.04 Å². The first kappa shape index (κ1) is 17.1. The number of ketones is 1. The zero-order valence-corrected chi connectivity index (χ0v) is 14.7. The SMILES string of the molecule is O=C1C(=O)N(c2nccs2)C(c2ccc(F)cc2)C1=C(O)c1ccccc1. The molecule has 3 aromatic rings. The van der Waals surface area contributed by atoms with E-state index in [9.17, 15) is 19.1 Å². The van der Waals surface area contributed by atoms with Crippen LogP contribution >= 0.6 is 11.3 Å². The minimum absolute atomic E-state index is 0.0481. The van der Waals surface area contributed by atoms with Gasteiger partial charge in [0.25, 0.3) is 5.78 Å². The molecule has 1 aliphatic heterocycles. The molecule has 0 radical (unpaired) electrons. The van der Waals surface area contributed by atoms with Crippen molar-refractivity contribution in [1.82, 2.24) is 4.98 Å². The van der Waals surface area contributed by atoms with Crippen molar-refractivity contribution in [1.29, 1.82) is 0 Å². The van der Waals surface area contributed by atoms with Crippen LogP contribution in [0.4, 0.5) is 9.52 Å². The van der Waals surface area contributed by atoms with Crippen LogP contribution < -0.4 is 4.90 Å². The van der Waals surface area contributed by atoms with Gasteiger partial charge in [0.05, 0.1) is 11.6 Å². The number of carbonyl (C=O) groups excluding carboxylic acids is 2. The quantitative estimate of drug-likeness (QED) is 0.425. The topological polar surface area (TPSA) is 70.5 Å². The van der Waals surface area contributed by atoms with Crippen molar-refractivity contribution in [3.63, 3.8) is 0 Å². The Morgan fingerprint density at radius 1 is 1.07 bits per heavy atom. The molecule has 2 aromatic carbocycles. The Morgan fingerprint density at radius 2 is 1.78 bits per heavy atom. The second-order valence-corrected chi connectivity index (χ2v) is 6.77. The predicted octanol–water partition coefficient (Wildman–Crippen LogP) is 3.91. The second-order valence-electron chi connectivity index (χ2n) is 5.90. The number of hydrogen-bond donors (Lipinski definition) is 1. The van der Waals surface area contributed by atoms with Gasteiger partial charge in [-0.05, 0) is 17.7 Å². The summed E-state index contributed by atoms with van der Waals surface area (Å²) in [6.45, 7) is 0. The van der Waals surface area contributed by atoms with Crippen LogP contribution in [0.2, 0.25) is 0 Å². The number of aliphatic hydroxyl groups excluding tert-OH is 1. The van der Waals surface area contributed by atoms with E-state index in [4.69, 9.17) is 0 Å². The standard InChI is InChI=1S/C20H13FN2O3S/c21-14-8-6-12(7-9-14)16-15(17(24)13-4-2-1-3-5-13)18(25)19(26)23(16)20-22-10-11-27-20/h1-11,16,24H. The van der Waals surface area contributed by atoms with Gasteiger partial charge >= 0.3 is 5.91 Å². The Kier molecular flexibility index (Phi) is 4.29. The first-order valence-electron chi connectivity index (χ1n) is 8.09. The van der Waals surface area contributed by atoms with Gasteiger partial charge in [-0.3, -0.25) is 14.5 Å². The number of carbonyl (C=O) groups is 2. The molecule has 27 heavy (non-hydrogen) atoms. The zero-order valence-electron chi connectivity index (χ0n) is 13.9. The molecule has 1 aromatic heterocycles. The number of rotatable bonds is 3. The molecule has 134 valence electrons. The van der Waals surface area contributed by atoms with Gasteiger partial charge in [-0.2, -0.15) is 0 Å². The van der Waals surface area contributed by atoms with Crippen LogP contribution in [0.1, 0.15) is 17.2 Å². The molecule has 2 heterocycles. The summed E-state index contributed by atoms with van der Waals surface area (Å²) in [5, 5.41) is 12.8. The molecule has 1 aliphatic rings. The number of amides is 1. The number of hydrogen-bond acceptors (Lipinski definition) is 5. The molecule has 0 spiro atoms. The van der Waals surface area contributed by atoms with Crippen LogP contribution in [0.25, 0.3) is 5.76 Å². The predicted molar refractivity (Wildman–Crippen MR) is 99.7 cm³/mol. The van der Waals surface area contributed by atoms with E-state index in [1.54, 1.807) is 35.7 Å². The third-order valence-electron chi connectivity index (χ3n) is 4.30. The molecule has 0 bridgehead atoms. The smallest absolute Gasteiger partial charge is 0.301 e. The Labute approximate surface area is 158 Å². The number of thiazole rings is 1. The van der Waals surface area contributed by atoms with Gasteiger partial charge in [-0.1, -0.05) is 42.5 Å². The maximum absolute atomic E-state index is 13.4. The monoisotopic (exact) mass is 380 g/mol. The molecule has 1 saturated heterocycles. The lowest BCUT2D eigenvalue weighted by atomic mass is 9.95. The maximum Gasteiger partial charge on any atom is 0.301 e. The maximum atomic E-state index is 13.4. The largest absolute Gasteiger partial charge is 0.507 e. The minimum Gasteiger partial charge on any atom is -0.507 e. The highest BCUT2D eigenvalue weighted by atomic mass is 32.1. The van der Waals surface area contributed by atoms with Crippen LogP contribution in [-0.4, -0.2) is 21.8 Å². The molecular formula is C20H13FN2O3S. The fourth-order valence-electron chi connectivity index (χ4n) is 3.08. The van der Waals surface area contributed by atoms with Gasteiger partial charge < -0.3 is 5.11 Å². The summed E-state index contributed by atoms with van der Waals surface area (Å²) in [4.78, 5) is 30.9. The molecule has 1 atom stereocenters. The highest BCUT2D eigenvalue weighted by molar-refractivity contribution is 7.14. The fraction of sp³-hybridized carbons (Fsp3) is 0.0500. The number of nitrogens with zero attached hydrogens (tertiary/aromatic N) is 2.